The highest BCUT2D eigenvalue weighted by Crippen LogP contribution is 2.72. The molecule has 2 N–H and O–H groups in total. The summed E-state index contributed by atoms with van der Waals surface area (Å²) in [5, 5.41) is 36.4. The van der Waals surface area contributed by atoms with Gasteiger partial charge >= 0.3 is 0 Å². The van der Waals surface area contributed by atoms with Crippen molar-refractivity contribution in [2.24, 2.45) is 10.8 Å². The molecule has 9 nitrogen and oxygen atoms in total. The van der Waals surface area contributed by atoms with E-state index in [1.807, 2.05) is 16.9 Å². The van der Waals surface area contributed by atoms with E-state index in [9.17, 15) is 14.9 Å². The summed E-state index contributed by atoms with van der Waals surface area (Å²) in [5.74, 6) is -0.556. The summed E-state index contributed by atoms with van der Waals surface area (Å²) in [6.07, 6.45) is 7.04. The summed E-state index contributed by atoms with van der Waals surface area (Å²) in [4.78, 5) is 8.49. The van der Waals surface area contributed by atoms with Crippen LogP contribution >= 0.6 is 0 Å². The smallest absolute Gasteiger partial charge is 0.213 e. The predicted octanol–water partition coefficient (Wildman–Crippen LogP) is 5.80. The second-order valence-corrected chi connectivity index (χ2v) is 12.2. The highest BCUT2D eigenvalue weighted by Gasteiger charge is 2.64. The van der Waals surface area contributed by atoms with Gasteiger partial charge in [-0.1, -0.05) is 32.1 Å². The molecule has 0 radical (unpaired) electrons. The molecule has 3 aromatic heterocycles. The first-order valence-corrected chi connectivity index (χ1v) is 13.4. The lowest BCUT2D eigenvalue weighted by Gasteiger charge is -2.22. The molecule has 3 heterocycles. The maximum atomic E-state index is 14.0. The maximum Gasteiger partial charge on any atom is 0.213 e. The van der Waals surface area contributed by atoms with Crippen molar-refractivity contribution in [1.29, 1.82) is 10.5 Å². The molecule has 40 heavy (non-hydrogen) atoms. The number of halogens is 1. The largest absolute Gasteiger partial charge is 0.383 e. The van der Waals surface area contributed by atoms with Gasteiger partial charge in [0.2, 0.25) is 5.95 Å². The third kappa shape index (κ3) is 4.71. The molecule has 0 bridgehead atoms. The van der Waals surface area contributed by atoms with Gasteiger partial charge in [-0.15, -0.1) is 5.10 Å². The van der Waals surface area contributed by atoms with Gasteiger partial charge in [0.05, 0.1) is 40.6 Å². The third-order valence-electron chi connectivity index (χ3n) is 7.90. The zero-order valence-electron chi connectivity index (χ0n) is 23.0. The van der Waals surface area contributed by atoms with Crippen molar-refractivity contribution < 1.29 is 4.39 Å². The summed E-state index contributed by atoms with van der Waals surface area (Å²) in [7, 11) is 0. The molecule has 2 saturated carbocycles. The highest BCUT2D eigenvalue weighted by atomic mass is 19.1. The van der Waals surface area contributed by atoms with Gasteiger partial charge in [0.25, 0.3) is 0 Å². The lowest BCUT2D eigenvalue weighted by Crippen LogP contribution is -2.20. The van der Waals surface area contributed by atoms with Crippen LogP contribution in [0.1, 0.15) is 80.2 Å². The Morgan fingerprint density at radius 3 is 2.60 bits per heavy atom. The number of nitriles is 2. The molecule has 1 spiro atoms. The summed E-state index contributed by atoms with van der Waals surface area (Å²) in [6.45, 7) is 8.69. The van der Waals surface area contributed by atoms with Gasteiger partial charge in [-0.3, -0.25) is 4.98 Å². The van der Waals surface area contributed by atoms with E-state index >= 15 is 0 Å². The van der Waals surface area contributed by atoms with Crippen molar-refractivity contribution in [3.8, 4) is 12.1 Å². The number of pyridine rings is 2. The number of hydrogen-bond acceptors (Lipinski definition) is 8. The molecule has 2 fully saturated rings. The fraction of sp³-hybridized carbons (Fsp3) is 0.400. The highest BCUT2D eigenvalue weighted by molar-refractivity contribution is 5.99. The van der Waals surface area contributed by atoms with E-state index in [0.29, 0.717) is 62.8 Å². The predicted molar refractivity (Wildman–Crippen MR) is 149 cm³/mol. The monoisotopic (exact) mass is 535 g/mol. The van der Waals surface area contributed by atoms with Crippen LogP contribution in [-0.4, -0.2) is 31.5 Å². The van der Waals surface area contributed by atoms with Gasteiger partial charge in [0.15, 0.2) is 0 Å². The number of hydrogen-bond donors (Lipinski definition) is 2. The van der Waals surface area contributed by atoms with Gasteiger partial charge in [-0.05, 0) is 55.2 Å². The minimum atomic E-state index is -0.556. The van der Waals surface area contributed by atoms with Crippen molar-refractivity contribution in [2.45, 2.75) is 59.0 Å². The molecule has 1 aromatic carbocycles. The van der Waals surface area contributed by atoms with Crippen LogP contribution in [0.15, 0.2) is 36.7 Å². The Balaban J connectivity index is 1.44. The topological polar surface area (TPSA) is 128 Å². The van der Waals surface area contributed by atoms with E-state index in [0.717, 1.165) is 12.0 Å². The molecule has 0 aliphatic heterocycles. The van der Waals surface area contributed by atoms with Gasteiger partial charge in [-0.2, -0.15) is 14.9 Å². The number of aryl methyl sites for hydroxylation is 1. The Kier molecular flexibility index (Phi) is 5.95. The Hall–Kier alpha value is -4.57. The van der Waals surface area contributed by atoms with Gasteiger partial charge in [0, 0.05) is 35.1 Å². The molecular formula is C30H30FN9. The molecule has 2 atom stereocenters. The standard InChI is InChI=1S/C30H30FN9/c1-17-21(5-6-25(31)36-17)28(23-15-40(39-38-23)24-11-30(24)7-8-30)37-20-9-18(12-32)26-22(10-20)27(19(13-33)14-34-26)35-16-29(2,3)4/h5-6,9-10,14-15,24,28,37H,7-8,11,16H2,1-4H3,(H,34,35)/t24?,28-/m0/s1. The molecule has 2 aliphatic rings. The van der Waals surface area contributed by atoms with Crippen LogP contribution in [-0.2, 0) is 0 Å². The number of nitrogens with zero attached hydrogens (tertiary/aromatic N) is 7. The molecule has 0 saturated heterocycles. The Morgan fingerprint density at radius 2 is 1.95 bits per heavy atom. The second kappa shape index (κ2) is 9.27. The molecule has 4 aromatic rings. The van der Waals surface area contributed by atoms with Crippen LogP contribution in [0.4, 0.5) is 15.8 Å². The number of aromatic nitrogens is 5. The van der Waals surface area contributed by atoms with Gasteiger partial charge in [-0.25, -0.2) is 9.67 Å². The molecule has 10 heteroatoms. The van der Waals surface area contributed by atoms with E-state index in [4.69, 9.17) is 0 Å². The van der Waals surface area contributed by atoms with Crippen LogP contribution in [0, 0.1) is 46.4 Å². The number of fused-ring (bicyclic) bond motifs is 1. The second-order valence-electron chi connectivity index (χ2n) is 12.2. The van der Waals surface area contributed by atoms with E-state index in [1.165, 1.54) is 25.1 Å². The lowest BCUT2D eigenvalue weighted by atomic mass is 9.96. The van der Waals surface area contributed by atoms with Crippen molar-refractivity contribution in [1.82, 2.24) is 25.0 Å². The van der Waals surface area contributed by atoms with Crippen molar-refractivity contribution in [2.75, 3.05) is 17.2 Å². The Morgan fingerprint density at radius 1 is 1.18 bits per heavy atom. The van der Waals surface area contributed by atoms with Crippen LogP contribution in [0.3, 0.4) is 0 Å². The number of nitrogens with one attached hydrogen (secondary N) is 2. The third-order valence-corrected chi connectivity index (χ3v) is 7.90. The SMILES string of the molecule is Cc1nc(F)ccc1[C@H](Nc1cc(C#N)c2ncc(C#N)c(NCC(C)(C)C)c2c1)c1cn(C2CC23CC3)nn1. The van der Waals surface area contributed by atoms with Crippen LogP contribution < -0.4 is 10.6 Å². The average molecular weight is 536 g/mol. The molecule has 2 aliphatic carbocycles. The maximum absolute atomic E-state index is 14.0. The van der Waals surface area contributed by atoms with E-state index in [2.05, 4.69) is 63.8 Å². The Bertz CT molecular complexity index is 1720. The fourth-order valence-corrected chi connectivity index (χ4v) is 5.40. The summed E-state index contributed by atoms with van der Waals surface area (Å²) in [6, 6.07) is 11.0. The molecule has 6 rings (SSSR count). The van der Waals surface area contributed by atoms with Gasteiger partial charge in [0.1, 0.15) is 17.8 Å². The Labute approximate surface area is 232 Å². The first-order chi connectivity index (χ1) is 19.1. The van der Waals surface area contributed by atoms with Crippen LogP contribution in [0.2, 0.25) is 0 Å². The number of rotatable bonds is 7. The minimum Gasteiger partial charge on any atom is -0.383 e. The minimum absolute atomic E-state index is 0.0408. The normalized spacial score (nSPS) is 17.7. The number of anilines is 2. The van der Waals surface area contributed by atoms with E-state index in [1.54, 1.807) is 19.1 Å². The fourth-order valence-electron chi connectivity index (χ4n) is 5.40. The van der Waals surface area contributed by atoms with Crippen LogP contribution in [0.25, 0.3) is 10.9 Å². The lowest BCUT2D eigenvalue weighted by molar-refractivity contribution is 0.443. The van der Waals surface area contributed by atoms with E-state index < -0.39 is 12.0 Å². The zero-order valence-corrected chi connectivity index (χ0v) is 23.0. The quantitative estimate of drug-likeness (QED) is 0.284. The van der Waals surface area contributed by atoms with Crippen molar-refractivity contribution in [3.63, 3.8) is 0 Å². The molecular weight excluding hydrogens is 505 g/mol. The first-order valence-electron chi connectivity index (χ1n) is 13.4. The van der Waals surface area contributed by atoms with E-state index in [-0.39, 0.29) is 5.41 Å². The van der Waals surface area contributed by atoms with Crippen LogP contribution in [0.5, 0.6) is 0 Å². The molecule has 0 amide bonds. The molecule has 1 unspecified atom stereocenters. The summed E-state index contributed by atoms with van der Waals surface area (Å²) < 4.78 is 15.9. The van der Waals surface area contributed by atoms with Crippen molar-refractivity contribution >= 4 is 22.3 Å². The van der Waals surface area contributed by atoms with Crippen molar-refractivity contribution in [3.05, 3.63) is 70.7 Å². The first kappa shape index (κ1) is 25.7. The van der Waals surface area contributed by atoms with Gasteiger partial charge < -0.3 is 10.6 Å². The summed E-state index contributed by atoms with van der Waals surface area (Å²) >= 11 is 0. The summed E-state index contributed by atoms with van der Waals surface area (Å²) in [5.41, 5.74) is 4.86. The average Bonchev–Trinajstić information content (AvgIpc) is 3.80. The molecule has 202 valence electrons. The zero-order chi connectivity index (χ0) is 28.2. The number of benzene rings is 1.